The molecular formula is C17H24N4S. The lowest BCUT2D eigenvalue weighted by Crippen LogP contribution is -2.46. The van der Waals surface area contributed by atoms with Crippen LogP contribution in [0.1, 0.15) is 18.2 Å². The van der Waals surface area contributed by atoms with Crippen molar-refractivity contribution in [2.45, 2.75) is 19.9 Å². The number of aryl methyl sites for hydroxylation is 1. The molecule has 1 aliphatic heterocycles. The minimum Gasteiger partial charge on any atom is -0.369 e. The number of thiazole rings is 1. The Labute approximate surface area is 136 Å². The van der Waals surface area contributed by atoms with Gasteiger partial charge in [0.15, 0.2) is 5.13 Å². The van der Waals surface area contributed by atoms with Crippen molar-refractivity contribution in [2.24, 2.45) is 0 Å². The van der Waals surface area contributed by atoms with Gasteiger partial charge in [-0.05, 0) is 18.1 Å². The summed E-state index contributed by atoms with van der Waals surface area (Å²) in [6, 6.07) is 8.79. The minimum atomic E-state index is 0.960. The van der Waals surface area contributed by atoms with E-state index in [1.54, 1.807) is 11.3 Å². The Morgan fingerprint density at radius 3 is 2.64 bits per heavy atom. The molecule has 1 N–H and O–H groups in total. The Bertz CT molecular complexity index is 602. The van der Waals surface area contributed by atoms with Gasteiger partial charge >= 0.3 is 0 Å². The standard InChI is InChI=1S/C17H24N4S/c1-3-14-6-4-5-7-16(14)21-10-8-20(9-11-21)12-15-13-22-17(18-2)19-15/h4-7,13H,3,8-12H2,1-2H3,(H,18,19). The summed E-state index contributed by atoms with van der Waals surface area (Å²) in [7, 11) is 1.92. The molecule has 0 amide bonds. The molecule has 22 heavy (non-hydrogen) atoms. The first-order valence-corrected chi connectivity index (χ1v) is 8.85. The maximum Gasteiger partial charge on any atom is 0.182 e. The van der Waals surface area contributed by atoms with Crippen LogP contribution in [0, 0.1) is 0 Å². The van der Waals surface area contributed by atoms with Crippen LogP contribution in [0.15, 0.2) is 29.6 Å². The van der Waals surface area contributed by atoms with Crippen LogP contribution >= 0.6 is 11.3 Å². The average Bonchev–Trinajstić information content (AvgIpc) is 3.03. The van der Waals surface area contributed by atoms with Crippen LogP contribution in [0.25, 0.3) is 0 Å². The van der Waals surface area contributed by atoms with Crippen LogP contribution in [0.5, 0.6) is 0 Å². The van der Waals surface area contributed by atoms with E-state index in [9.17, 15) is 0 Å². The quantitative estimate of drug-likeness (QED) is 0.918. The number of piperazine rings is 1. The average molecular weight is 316 g/mol. The van der Waals surface area contributed by atoms with Gasteiger partial charge < -0.3 is 10.2 Å². The molecule has 0 atom stereocenters. The van der Waals surface area contributed by atoms with E-state index in [1.807, 2.05) is 7.05 Å². The number of benzene rings is 1. The van der Waals surface area contributed by atoms with Crippen molar-refractivity contribution in [3.63, 3.8) is 0 Å². The zero-order valence-electron chi connectivity index (χ0n) is 13.4. The molecule has 3 rings (SSSR count). The lowest BCUT2D eigenvalue weighted by atomic mass is 10.1. The normalized spacial score (nSPS) is 16.0. The molecule has 0 unspecified atom stereocenters. The van der Waals surface area contributed by atoms with Crippen LogP contribution in [0.2, 0.25) is 0 Å². The zero-order chi connectivity index (χ0) is 15.4. The number of nitrogens with one attached hydrogen (secondary N) is 1. The number of rotatable bonds is 5. The number of anilines is 2. The van der Waals surface area contributed by atoms with Crippen molar-refractivity contribution < 1.29 is 0 Å². The van der Waals surface area contributed by atoms with Crippen molar-refractivity contribution in [1.29, 1.82) is 0 Å². The summed E-state index contributed by atoms with van der Waals surface area (Å²) < 4.78 is 0. The highest BCUT2D eigenvalue weighted by Gasteiger charge is 2.19. The van der Waals surface area contributed by atoms with Gasteiger partial charge in [-0.1, -0.05) is 25.1 Å². The number of hydrogen-bond acceptors (Lipinski definition) is 5. The molecule has 1 aromatic carbocycles. The maximum absolute atomic E-state index is 4.58. The fraction of sp³-hybridized carbons (Fsp3) is 0.471. The largest absolute Gasteiger partial charge is 0.369 e. The van der Waals surface area contributed by atoms with Crippen LogP contribution in [0.3, 0.4) is 0 Å². The van der Waals surface area contributed by atoms with Gasteiger partial charge in [0, 0.05) is 50.8 Å². The Morgan fingerprint density at radius 2 is 1.95 bits per heavy atom. The molecule has 2 aromatic rings. The first kappa shape index (κ1) is 15.3. The summed E-state index contributed by atoms with van der Waals surface area (Å²) in [6.07, 6.45) is 1.10. The summed E-state index contributed by atoms with van der Waals surface area (Å²) >= 11 is 1.68. The fourth-order valence-corrected chi connectivity index (χ4v) is 3.65. The number of nitrogens with zero attached hydrogens (tertiary/aromatic N) is 3. The highest BCUT2D eigenvalue weighted by Crippen LogP contribution is 2.23. The van der Waals surface area contributed by atoms with E-state index in [0.717, 1.165) is 44.3 Å². The van der Waals surface area contributed by atoms with Gasteiger partial charge in [-0.2, -0.15) is 0 Å². The predicted octanol–water partition coefficient (Wildman–Crippen LogP) is 3.07. The number of hydrogen-bond donors (Lipinski definition) is 1. The molecule has 1 aromatic heterocycles. The Hall–Kier alpha value is -1.59. The van der Waals surface area contributed by atoms with Gasteiger partial charge in [0.2, 0.25) is 0 Å². The molecule has 0 bridgehead atoms. The highest BCUT2D eigenvalue weighted by atomic mass is 32.1. The maximum atomic E-state index is 4.58. The summed E-state index contributed by atoms with van der Waals surface area (Å²) in [5, 5.41) is 6.27. The summed E-state index contributed by atoms with van der Waals surface area (Å²) in [5.74, 6) is 0. The molecule has 4 nitrogen and oxygen atoms in total. The van der Waals surface area contributed by atoms with Gasteiger partial charge in [-0.25, -0.2) is 4.98 Å². The molecule has 1 fully saturated rings. The molecule has 1 aliphatic rings. The minimum absolute atomic E-state index is 0.960. The molecule has 5 heteroatoms. The van der Waals surface area contributed by atoms with E-state index in [4.69, 9.17) is 0 Å². The third-order valence-corrected chi connectivity index (χ3v) is 5.15. The molecule has 118 valence electrons. The third kappa shape index (κ3) is 3.42. The van der Waals surface area contributed by atoms with Crippen molar-refractivity contribution in [3.05, 3.63) is 40.9 Å². The Balaban J connectivity index is 1.58. The number of para-hydroxylation sites is 1. The monoisotopic (exact) mass is 316 g/mol. The van der Waals surface area contributed by atoms with E-state index in [0.29, 0.717) is 0 Å². The smallest absolute Gasteiger partial charge is 0.182 e. The summed E-state index contributed by atoms with van der Waals surface area (Å²) in [4.78, 5) is 9.60. The zero-order valence-corrected chi connectivity index (χ0v) is 14.2. The first-order valence-electron chi connectivity index (χ1n) is 7.97. The van der Waals surface area contributed by atoms with Crippen molar-refractivity contribution in [1.82, 2.24) is 9.88 Å². The lowest BCUT2D eigenvalue weighted by Gasteiger charge is -2.36. The van der Waals surface area contributed by atoms with Gasteiger partial charge in [0.05, 0.1) is 5.69 Å². The van der Waals surface area contributed by atoms with E-state index in [-0.39, 0.29) is 0 Å². The first-order chi connectivity index (χ1) is 10.8. The fourth-order valence-electron chi connectivity index (χ4n) is 2.99. The van der Waals surface area contributed by atoms with Gasteiger partial charge in [0.1, 0.15) is 0 Å². The van der Waals surface area contributed by atoms with E-state index in [1.165, 1.54) is 16.9 Å². The molecular weight excluding hydrogens is 292 g/mol. The molecule has 1 saturated heterocycles. The van der Waals surface area contributed by atoms with Crippen molar-refractivity contribution in [3.8, 4) is 0 Å². The SMILES string of the molecule is CCc1ccccc1N1CCN(Cc2csc(NC)n2)CC1. The predicted molar refractivity (Wildman–Crippen MR) is 95.0 cm³/mol. The van der Waals surface area contributed by atoms with Crippen molar-refractivity contribution >= 4 is 22.2 Å². The summed E-state index contributed by atoms with van der Waals surface area (Å²) in [6.45, 7) is 7.59. The number of aromatic nitrogens is 1. The van der Waals surface area contributed by atoms with E-state index < -0.39 is 0 Å². The Morgan fingerprint density at radius 1 is 1.18 bits per heavy atom. The van der Waals surface area contributed by atoms with Gasteiger partial charge in [0.25, 0.3) is 0 Å². The lowest BCUT2D eigenvalue weighted by molar-refractivity contribution is 0.247. The van der Waals surface area contributed by atoms with Gasteiger partial charge in [-0.3, -0.25) is 4.90 Å². The molecule has 0 aliphatic carbocycles. The molecule has 0 spiro atoms. The second kappa shape index (κ2) is 7.11. The second-order valence-electron chi connectivity index (χ2n) is 5.64. The summed E-state index contributed by atoms with van der Waals surface area (Å²) in [5.41, 5.74) is 4.04. The van der Waals surface area contributed by atoms with E-state index >= 15 is 0 Å². The molecule has 0 radical (unpaired) electrons. The molecule has 0 saturated carbocycles. The Kier molecular flexibility index (Phi) is 4.95. The topological polar surface area (TPSA) is 31.4 Å². The van der Waals surface area contributed by atoms with Crippen LogP contribution in [-0.4, -0.2) is 43.1 Å². The van der Waals surface area contributed by atoms with Crippen LogP contribution < -0.4 is 10.2 Å². The third-order valence-electron chi connectivity index (χ3n) is 4.24. The van der Waals surface area contributed by atoms with E-state index in [2.05, 4.69) is 56.7 Å². The van der Waals surface area contributed by atoms with Gasteiger partial charge in [-0.15, -0.1) is 11.3 Å². The van der Waals surface area contributed by atoms with Crippen molar-refractivity contribution in [2.75, 3.05) is 43.4 Å². The second-order valence-corrected chi connectivity index (χ2v) is 6.50. The van der Waals surface area contributed by atoms with Crippen LogP contribution in [0.4, 0.5) is 10.8 Å². The highest BCUT2D eigenvalue weighted by molar-refractivity contribution is 7.13. The van der Waals surface area contributed by atoms with Crippen LogP contribution in [-0.2, 0) is 13.0 Å². The molecule has 2 heterocycles.